The van der Waals surface area contributed by atoms with Gasteiger partial charge in [-0.1, -0.05) is 50.6 Å². The van der Waals surface area contributed by atoms with E-state index in [0.717, 1.165) is 17.5 Å². The smallest absolute Gasteiger partial charge is 0.326 e. The van der Waals surface area contributed by atoms with Crippen molar-refractivity contribution < 1.29 is 14.7 Å². The van der Waals surface area contributed by atoms with Crippen molar-refractivity contribution >= 4 is 29.2 Å². The van der Waals surface area contributed by atoms with Gasteiger partial charge in [0.1, 0.15) is 5.75 Å². The van der Waals surface area contributed by atoms with Crippen LogP contribution in [0, 0.1) is 23.7 Å². The molecule has 0 aromatic heterocycles. The molecule has 2 fully saturated rings. The highest BCUT2D eigenvalue weighted by Gasteiger charge is 2.61. The minimum atomic E-state index is -0.722. The maximum absolute atomic E-state index is 12.4. The van der Waals surface area contributed by atoms with Gasteiger partial charge in [-0.05, 0) is 78.2 Å². The summed E-state index contributed by atoms with van der Waals surface area (Å²) in [7, 11) is 0. The van der Waals surface area contributed by atoms with Gasteiger partial charge in [0.05, 0.1) is 16.3 Å². The first-order chi connectivity index (χ1) is 14.6. The number of hydrogen-bond acceptors (Lipinski definition) is 3. The third-order valence-electron chi connectivity index (χ3n) is 8.24. The third-order valence-corrected chi connectivity index (χ3v) is 8.57. The van der Waals surface area contributed by atoms with Crippen LogP contribution >= 0.6 is 11.6 Å². The number of carbonyl (C=O) groups excluding carboxylic acids is 2. The van der Waals surface area contributed by atoms with Crippen LogP contribution < -0.4 is 10.6 Å². The number of benzene rings is 2. The molecule has 5 nitrogen and oxygen atoms in total. The second kappa shape index (κ2) is 7.56. The number of fused-ring (bicyclic) bond motifs is 2. The zero-order chi connectivity index (χ0) is 22.6. The Balaban J connectivity index is 1.51. The van der Waals surface area contributed by atoms with Crippen LogP contribution in [0.1, 0.15) is 67.4 Å². The largest absolute Gasteiger partial charge is 0.505 e. The van der Waals surface area contributed by atoms with E-state index in [1.165, 1.54) is 12.8 Å². The number of imide groups is 1. The van der Waals surface area contributed by atoms with Crippen LogP contribution in [0.25, 0.3) is 0 Å². The second-order valence-electron chi connectivity index (χ2n) is 9.73. The molecule has 3 unspecified atom stereocenters. The number of anilines is 1. The minimum absolute atomic E-state index is 0.0435. The van der Waals surface area contributed by atoms with Crippen molar-refractivity contribution in [3.63, 3.8) is 0 Å². The maximum atomic E-state index is 12.4. The Labute approximate surface area is 188 Å². The van der Waals surface area contributed by atoms with Crippen molar-refractivity contribution in [1.82, 2.24) is 5.32 Å². The predicted molar refractivity (Wildman–Crippen MR) is 123 cm³/mol. The molecule has 4 rings (SSSR count). The van der Waals surface area contributed by atoms with E-state index in [-0.39, 0.29) is 32.9 Å². The summed E-state index contributed by atoms with van der Waals surface area (Å²) in [4.78, 5) is 24.7. The summed E-state index contributed by atoms with van der Waals surface area (Å²) < 4.78 is 0. The van der Waals surface area contributed by atoms with E-state index in [0.29, 0.717) is 11.8 Å². The van der Waals surface area contributed by atoms with Crippen LogP contribution in [-0.2, 0) is 0 Å². The molecule has 0 saturated heterocycles. The summed E-state index contributed by atoms with van der Waals surface area (Å²) in [6.45, 7) is 9.01. The Hall–Kier alpha value is -2.53. The summed E-state index contributed by atoms with van der Waals surface area (Å²) in [6, 6.07) is 9.51. The van der Waals surface area contributed by atoms with Gasteiger partial charge in [0, 0.05) is 0 Å². The van der Waals surface area contributed by atoms with Crippen molar-refractivity contribution in [2.45, 2.75) is 52.9 Å². The van der Waals surface area contributed by atoms with E-state index in [9.17, 15) is 14.7 Å². The van der Waals surface area contributed by atoms with Crippen LogP contribution in [0.2, 0.25) is 5.02 Å². The van der Waals surface area contributed by atoms with Crippen molar-refractivity contribution in [2.75, 3.05) is 5.32 Å². The fourth-order valence-corrected chi connectivity index (χ4v) is 6.06. The van der Waals surface area contributed by atoms with Crippen LogP contribution in [0.5, 0.6) is 5.75 Å². The standard InChI is InChI=1S/C25H29ClN2O3/c1-14-16(18-13-15-11-12-25(18,4)24(15,2)3)9-10-20(21(14)29)27-23(31)28-22(30)17-7-5-6-8-19(17)26/h5-10,15,18,29H,11-13H2,1-4H3,(H2,27,28,30,31). The van der Waals surface area contributed by atoms with Gasteiger partial charge in [0.2, 0.25) is 0 Å². The monoisotopic (exact) mass is 440 g/mol. The van der Waals surface area contributed by atoms with Gasteiger partial charge in [-0.25, -0.2) is 4.79 Å². The van der Waals surface area contributed by atoms with E-state index < -0.39 is 11.9 Å². The Morgan fingerprint density at radius 2 is 1.84 bits per heavy atom. The molecule has 31 heavy (non-hydrogen) atoms. The second-order valence-corrected chi connectivity index (χ2v) is 10.1. The minimum Gasteiger partial charge on any atom is -0.505 e. The van der Waals surface area contributed by atoms with Gasteiger partial charge < -0.3 is 10.4 Å². The number of phenols is 1. The average Bonchev–Trinajstić information content (AvgIpc) is 3.05. The number of aromatic hydroxyl groups is 1. The van der Waals surface area contributed by atoms with Gasteiger partial charge in [0.15, 0.2) is 0 Å². The molecule has 0 aliphatic heterocycles. The quantitative estimate of drug-likeness (QED) is 0.494. The van der Waals surface area contributed by atoms with E-state index in [1.54, 1.807) is 30.3 Å². The molecule has 2 saturated carbocycles. The van der Waals surface area contributed by atoms with Crippen LogP contribution in [0.15, 0.2) is 36.4 Å². The van der Waals surface area contributed by atoms with Gasteiger partial charge in [-0.15, -0.1) is 0 Å². The molecule has 2 aliphatic carbocycles. The highest BCUT2D eigenvalue weighted by atomic mass is 35.5. The van der Waals surface area contributed by atoms with E-state index in [2.05, 4.69) is 31.4 Å². The summed E-state index contributed by atoms with van der Waals surface area (Å²) in [5.74, 6) is 0.523. The molecular formula is C25H29ClN2O3. The predicted octanol–water partition coefficient (Wildman–Crippen LogP) is 6.25. The lowest BCUT2D eigenvalue weighted by atomic mass is 9.64. The number of nitrogens with one attached hydrogen (secondary N) is 2. The van der Waals surface area contributed by atoms with Crippen molar-refractivity contribution in [2.24, 2.45) is 16.7 Å². The van der Waals surface area contributed by atoms with E-state index >= 15 is 0 Å². The summed E-state index contributed by atoms with van der Waals surface area (Å²) >= 11 is 6.01. The number of phenolic OH excluding ortho intramolecular Hbond substituents is 1. The average molecular weight is 441 g/mol. The summed E-state index contributed by atoms with van der Waals surface area (Å²) in [5.41, 5.74) is 2.89. The van der Waals surface area contributed by atoms with Gasteiger partial charge in [0.25, 0.3) is 5.91 Å². The lowest BCUT2D eigenvalue weighted by molar-refractivity contribution is 0.0967. The maximum Gasteiger partial charge on any atom is 0.326 e. The zero-order valence-corrected chi connectivity index (χ0v) is 19.1. The molecule has 164 valence electrons. The number of urea groups is 1. The van der Waals surface area contributed by atoms with E-state index in [4.69, 9.17) is 11.6 Å². The molecule has 0 radical (unpaired) electrons. The van der Waals surface area contributed by atoms with Crippen molar-refractivity contribution in [3.05, 3.63) is 58.1 Å². The third kappa shape index (κ3) is 3.39. The lowest BCUT2D eigenvalue weighted by Gasteiger charge is -2.40. The highest BCUT2D eigenvalue weighted by molar-refractivity contribution is 6.34. The zero-order valence-electron chi connectivity index (χ0n) is 18.4. The Bertz CT molecular complexity index is 1060. The van der Waals surface area contributed by atoms with Gasteiger partial charge in [-0.3, -0.25) is 10.1 Å². The molecule has 3 N–H and O–H groups in total. The van der Waals surface area contributed by atoms with E-state index in [1.807, 2.05) is 13.0 Å². The Kier molecular flexibility index (Phi) is 5.29. The number of carbonyl (C=O) groups is 2. The number of amides is 3. The van der Waals surface area contributed by atoms with Crippen LogP contribution in [-0.4, -0.2) is 17.0 Å². The molecule has 2 bridgehead atoms. The van der Waals surface area contributed by atoms with Crippen molar-refractivity contribution in [3.8, 4) is 5.75 Å². The fourth-order valence-electron chi connectivity index (χ4n) is 5.84. The summed E-state index contributed by atoms with van der Waals surface area (Å²) in [5, 5.41) is 15.9. The fraction of sp³-hybridized carbons (Fsp3) is 0.440. The SMILES string of the molecule is Cc1c(C2CC3CCC2(C)C3(C)C)ccc(NC(=O)NC(=O)c2ccccc2Cl)c1O. The van der Waals surface area contributed by atoms with Crippen LogP contribution in [0.3, 0.4) is 0 Å². The molecule has 0 heterocycles. The molecule has 3 amide bonds. The molecule has 2 aromatic rings. The first-order valence-electron chi connectivity index (χ1n) is 10.8. The van der Waals surface area contributed by atoms with Gasteiger partial charge in [-0.2, -0.15) is 0 Å². The number of halogens is 1. The summed E-state index contributed by atoms with van der Waals surface area (Å²) in [6.07, 6.45) is 3.59. The van der Waals surface area contributed by atoms with Gasteiger partial charge >= 0.3 is 6.03 Å². The molecule has 2 aliphatic rings. The van der Waals surface area contributed by atoms with Crippen LogP contribution in [0.4, 0.5) is 10.5 Å². The molecule has 2 aromatic carbocycles. The highest BCUT2D eigenvalue weighted by Crippen LogP contribution is 2.71. The van der Waals surface area contributed by atoms with Crippen molar-refractivity contribution in [1.29, 1.82) is 0 Å². The molecular weight excluding hydrogens is 412 g/mol. The Morgan fingerprint density at radius 1 is 1.13 bits per heavy atom. The molecule has 6 heteroatoms. The Morgan fingerprint density at radius 3 is 2.45 bits per heavy atom. The first-order valence-corrected chi connectivity index (χ1v) is 11.1. The topological polar surface area (TPSA) is 78.4 Å². The molecule has 3 atom stereocenters. The lowest BCUT2D eigenvalue weighted by Crippen LogP contribution is -2.34. The number of hydrogen-bond donors (Lipinski definition) is 3. The molecule has 0 spiro atoms. The normalized spacial score (nSPS) is 26.0. The number of rotatable bonds is 3. The first kappa shape index (κ1) is 21.7.